The van der Waals surface area contributed by atoms with Crippen LogP contribution in [0.25, 0.3) is 0 Å². The van der Waals surface area contributed by atoms with Gasteiger partial charge in [0, 0.05) is 11.6 Å². The van der Waals surface area contributed by atoms with Crippen molar-refractivity contribution in [1.82, 2.24) is 4.90 Å². The molecule has 1 saturated heterocycles. The SMILES string of the molecule is CC(C)[C@@H](C(=O)OC(C)(C)C)N1CCC[C@@H]1COc1ccccc1CO. The molecule has 0 aromatic heterocycles. The van der Waals surface area contributed by atoms with E-state index in [4.69, 9.17) is 9.47 Å². The Labute approximate surface area is 157 Å². The minimum Gasteiger partial charge on any atom is -0.492 e. The maximum absolute atomic E-state index is 12.8. The van der Waals surface area contributed by atoms with E-state index in [9.17, 15) is 9.90 Å². The van der Waals surface area contributed by atoms with Gasteiger partial charge in [-0.1, -0.05) is 32.0 Å². The third-order valence-corrected chi connectivity index (χ3v) is 4.63. The van der Waals surface area contributed by atoms with Crippen LogP contribution in [0.15, 0.2) is 24.3 Å². The number of hydrogen-bond donors (Lipinski definition) is 1. The lowest BCUT2D eigenvalue weighted by atomic mass is 10.0. The number of aliphatic hydroxyl groups is 1. The zero-order valence-corrected chi connectivity index (χ0v) is 16.7. The number of nitrogens with zero attached hydrogens (tertiary/aromatic N) is 1. The van der Waals surface area contributed by atoms with Crippen molar-refractivity contribution < 1.29 is 19.4 Å². The van der Waals surface area contributed by atoms with Gasteiger partial charge in [-0.25, -0.2) is 0 Å². The molecule has 0 amide bonds. The fraction of sp³-hybridized carbons (Fsp3) is 0.667. The molecule has 1 aromatic carbocycles. The first-order valence-electron chi connectivity index (χ1n) is 9.53. The van der Waals surface area contributed by atoms with Crippen LogP contribution < -0.4 is 4.74 Å². The second-order valence-electron chi connectivity index (χ2n) is 8.33. The number of carbonyl (C=O) groups is 1. The van der Waals surface area contributed by atoms with E-state index in [0.29, 0.717) is 12.4 Å². The van der Waals surface area contributed by atoms with E-state index >= 15 is 0 Å². The number of rotatable bonds is 7. The largest absolute Gasteiger partial charge is 0.492 e. The summed E-state index contributed by atoms with van der Waals surface area (Å²) >= 11 is 0. The summed E-state index contributed by atoms with van der Waals surface area (Å²) in [5, 5.41) is 9.45. The predicted octanol–water partition coefficient (Wildman–Crippen LogP) is 3.39. The van der Waals surface area contributed by atoms with Crippen molar-refractivity contribution >= 4 is 5.97 Å². The van der Waals surface area contributed by atoms with Gasteiger partial charge in [0.15, 0.2) is 0 Å². The Morgan fingerprint density at radius 3 is 2.62 bits per heavy atom. The van der Waals surface area contributed by atoms with Crippen LogP contribution in [0.1, 0.15) is 53.0 Å². The Hall–Kier alpha value is -1.59. The van der Waals surface area contributed by atoms with Gasteiger partial charge in [-0.3, -0.25) is 9.69 Å². The third-order valence-electron chi connectivity index (χ3n) is 4.63. The van der Waals surface area contributed by atoms with Gasteiger partial charge < -0.3 is 14.6 Å². The van der Waals surface area contributed by atoms with Crippen molar-refractivity contribution in [2.75, 3.05) is 13.2 Å². The number of aliphatic hydroxyl groups excluding tert-OH is 1. The van der Waals surface area contributed by atoms with Gasteiger partial charge >= 0.3 is 5.97 Å². The summed E-state index contributed by atoms with van der Waals surface area (Å²) in [5.74, 6) is 0.713. The number of ether oxygens (including phenoxy) is 2. The molecule has 0 radical (unpaired) electrons. The standard InChI is InChI=1S/C21H33NO4/c1-15(2)19(20(24)26-21(3,4)5)22-12-8-10-17(22)14-25-18-11-7-6-9-16(18)13-23/h6-7,9,11,15,17,19,23H,8,10,12-14H2,1-5H3/t17-,19+/m1/s1. The van der Waals surface area contributed by atoms with Crippen LogP contribution in [0, 0.1) is 5.92 Å². The lowest BCUT2D eigenvalue weighted by Crippen LogP contribution is -2.50. The summed E-state index contributed by atoms with van der Waals surface area (Å²) in [5.41, 5.74) is 0.292. The summed E-state index contributed by atoms with van der Waals surface area (Å²) < 4.78 is 11.7. The number of carbonyl (C=O) groups excluding carboxylic acids is 1. The Bertz CT molecular complexity index is 594. The summed E-state index contributed by atoms with van der Waals surface area (Å²) in [4.78, 5) is 15.0. The van der Waals surface area contributed by atoms with Gasteiger partial charge in [0.2, 0.25) is 0 Å². The van der Waals surface area contributed by atoms with E-state index in [1.165, 1.54) is 0 Å². The van der Waals surface area contributed by atoms with Gasteiger partial charge in [-0.05, 0) is 52.1 Å². The van der Waals surface area contributed by atoms with E-state index < -0.39 is 5.60 Å². The second-order valence-corrected chi connectivity index (χ2v) is 8.33. The Morgan fingerprint density at radius 2 is 2.00 bits per heavy atom. The number of para-hydroxylation sites is 1. The highest BCUT2D eigenvalue weighted by atomic mass is 16.6. The van der Waals surface area contributed by atoms with Gasteiger partial charge in [-0.2, -0.15) is 0 Å². The highest BCUT2D eigenvalue weighted by Crippen LogP contribution is 2.27. The molecule has 1 fully saturated rings. The molecule has 1 N–H and O–H groups in total. The van der Waals surface area contributed by atoms with Crippen molar-refractivity contribution in [2.45, 2.75) is 71.8 Å². The number of likely N-dealkylation sites (tertiary alicyclic amines) is 1. The molecule has 1 aliphatic rings. The maximum Gasteiger partial charge on any atom is 0.324 e. The van der Waals surface area contributed by atoms with Crippen LogP contribution in [0.4, 0.5) is 0 Å². The van der Waals surface area contributed by atoms with Crippen molar-refractivity contribution in [3.8, 4) is 5.75 Å². The van der Waals surface area contributed by atoms with Gasteiger partial charge in [0.1, 0.15) is 24.0 Å². The lowest BCUT2D eigenvalue weighted by Gasteiger charge is -2.35. The van der Waals surface area contributed by atoms with Crippen LogP contribution >= 0.6 is 0 Å². The second kappa shape index (κ2) is 8.87. The van der Waals surface area contributed by atoms with Gasteiger partial charge in [0.25, 0.3) is 0 Å². The first-order valence-corrected chi connectivity index (χ1v) is 9.53. The smallest absolute Gasteiger partial charge is 0.324 e. The highest BCUT2D eigenvalue weighted by Gasteiger charge is 2.39. The van der Waals surface area contributed by atoms with Gasteiger partial charge in [-0.15, -0.1) is 0 Å². The first kappa shape index (κ1) is 20.7. The fourth-order valence-electron chi connectivity index (χ4n) is 3.52. The average molecular weight is 363 g/mol. The zero-order chi connectivity index (χ0) is 19.3. The molecule has 26 heavy (non-hydrogen) atoms. The van der Waals surface area contributed by atoms with E-state index in [2.05, 4.69) is 18.7 Å². The van der Waals surface area contributed by atoms with Crippen molar-refractivity contribution in [2.24, 2.45) is 5.92 Å². The molecule has 2 atom stereocenters. The van der Waals surface area contributed by atoms with E-state index in [1.54, 1.807) is 0 Å². The monoisotopic (exact) mass is 363 g/mol. The molecule has 0 saturated carbocycles. The molecule has 146 valence electrons. The van der Waals surface area contributed by atoms with Crippen LogP contribution in [0.5, 0.6) is 5.75 Å². The summed E-state index contributed by atoms with van der Waals surface area (Å²) in [6.45, 7) is 11.2. The molecule has 0 spiro atoms. The zero-order valence-electron chi connectivity index (χ0n) is 16.7. The average Bonchev–Trinajstić information content (AvgIpc) is 2.99. The molecule has 5 heteroatoms. The third kappa shape index (κ3) is 5.45. The summed E-state index contributed by atoms with van der Waals surface area (Å²) in [6, 6.07) is 7.42. The summed E-state index contributed by atoms with van der Waals surface area (Å²) in [7, 11) is 0. The maximum atomic E-state index is 12.8. The van der Waals surface area contributed by atoms with Gasteiger partial charge in [0.05, 0.1) is 6.61 Å². The minimum absolute atomic E-state index is 0.0446. The molecule has 0 bridgehead atoms. The molecule has 5 nitrogen and oxygen atoms in total. The minimum atomic E-state index is -0.490. The Kier molecular flexibility index (Phi) is 7.07. The molecular formula is C21H33NO4. The van der Waals surface area contributed by atoms with E-state index in [1.807, 2.05) is 45.0 Å². The van der Waals surface area contributed by atoms with E-state index in [0.717, 1.165) is 24.9 Å². The molecular weight excluding hydrogens is 330 g/mol. The highest BCUT2D eigenvalue weighted by molar-refractivity contribution is 5.76. The normalized spacial score (nSPS) is 19.6. The number of benzene rings is 1. The molecule has 1 aliphatic heterocycles. The quantitative estimate of drug-likeness (QED) is 0.753. The Morgan fingerprint density at radius 1 is 1.31 bits per heavy atom. The van der Waals surface area contributed by atoms with Crippen molar-refractivity contribution in [3.63, 3.8) is 0 Å². The molecule has 0 unspecified atom stereocenters. The molecule has 1 heterocycles. The van der Waals surface area contributed by atoms with Crippen LogP contribution in [-0.2, 0) is 16.1 Å². The van der Waals surface area contributed by atoms with Crippen molar-refractivity contribution in [3.05, 3.63) is 29.8 Å². The lowest BCUT2D eigenvalue weighted by molar-refractivity contribution is -0.164. The first-order chi connectivity index (χ1) is 12.2. The Balaban J connectivity index is 2.08. The topological polar surface area (TPSA) is 59.0 Å². The van der Waals surface area contributed by atoms with E-state index in [-0.39, 0.29) is 30.6 Å². The van der Waals surface area contributed by atoms with Crippen LogP contribution in [0.2, 0.25) is 0 Å². The molecule has 0 aliphatic carbocycles. The summed E-state index contributed by atoms with van der Waals surface area (Å²) in [6.07, 6.45) is 2.04. The molecule has 1 aromatic rings. The number of esters is 1. The van der Waals surface area contributed by atoms with Crippen LogP contribution in [0.3, 0.4) is 0 Å². The van der Waals surface area contributed by atoms with Crippen LogP contribution in [-0.4, -0.2) is 46.8 Å². The number of hydrogen-bond acceptors (Lipinski definition) is 5. The molecule has 2 rings (SSSR count). The fourth-order valence-corrected chi connectivity index (χ4v) is 3.52. The van der Waals surface area contributed by atoms with Crippen molar-refractivity contribution in [1.29, 1.82) is 0 Å². The predicted molar refractivity (Wildman–Crippen MR) is 102 cm³/mol.